The molecule has 0 aliphatic heterocycles. The van der Waals surface area contributed by atoms with Crippen molar-refractivity contribution in [2.45, 2.75) is 45.9 Å². The molecule has 1 aromatic rings. The zero-order valence-corrected chi connectivity index (χ0v) is 12.6. The van der Waals surface area contributed by atoms with E-state index in [-0.39, 0.29) is 18.1 Å². The summed E-state index contributed by atoms with van der Waals surface area (Å²) in [4.78, 5) is 10.8. The second kappa shape index (κ2) is 7.75. The van der Waals surface area contributed by atoms with Crippen LogP contribution < -0.4 is 20.5 Å². The van der Waals surface area contributed by atoms with Gasteiger partial charge in [-0.05, 0) is 38.5 Å². The predicted molar refractivity (Wildman–Crippen MR) is 78.9 cm³/mol. The molecule has 1 unspecified atom stereocenters. The topological polar surface area (TPSA) is 73.6 Å². The average Bonchev–Trinajstić information content (AvgIpc) is 2.36. The van der Waals surface area contributed by atoms with Gasteiger partial charge in [0.1, 0.15) is 0 Å². The fourth-order valence-corrected chi connectivity index (χ4v) is 1.84. The van der Waals surface area contributed by atoms with Gasteiger partial charge in [-0.1, -0.05) is 6.07 Å². The van der Waals surface area contributed by atoms with Crippen molar-refractivity contribution < 1.29 is 14.3 Å². The van der Waals surface area contributed by atoms with Gasteiger partial charge in [-0.15, -0.1) is 0 Å². The van der Waals surface area contributed by atoms with E-state index in [1.54, 1.807) is 7.11 Å². The lowest BCUT2D eigenvalue weighted by Crippen LogP contribution is -2.30. The molecular weight excluding hydrogens is 256 g/mol. The number of hydrogen-bond donors (Lipinski definition) is 2. The third kappa shape index (κ3) is 5.48. The molecule has 0 aliphatic rings. The molecule has 1 rings (SSSR count). The van der Waals surface area contributed by atoms with Crippen molar-refractivity contribution in [2.75, 3.05) is 7.11 Å². The van der Waals surface area contributed by atoms with Crippen LogP contribution in [-0.2, 0) is 11.3 Å². The zero-order chi connectivity index (χ0) is 15.1. The molecule has 112 valence electrons. The second-order valence-corrected chi connectivity index (χ2v) is 5.10. The van der Waals surface area contributed by atoms with Crippen molar-refractivity contribution in [3.63, 3.8) is 0 Å². The third-order valence-corrected chi connectivity index (χ3v) is 2.75. The number of hydrogen-bond acceptors (Lipinski definition) is 4. The second-order valence-electron chi connectivity index (χ2n) is 5.10. The summed E-state index contributed by atoms with van der Waals surface area (Å²) in [6, 6.07) is 5.85. The molecule has 0 radical (unpaired) electrons. The van der Waals surface area contributed by atoms with E-state index in [0.29, 0.717) is 18.7 Å². The van der Waals surface area contributed by atoms with Crippen molar-refractivity contribution in [3.05, 3.63) is 23.8 Å². The van der Waals surface area contributed by atoms with Crippen LogP contribution in [0.1, 0.15) is 32.8 Å². The Morgan fingerprint density at radius 3 is 2.55 bits per heavy atom. The van der Waals surface area contributed by atoms with Crippen LogP contribution in [-0.4, -0.2) is 25.2 Å². The lowest BCUT2D eigenvalue weighted by atomic mass is 10.1. The Morgan fingerprint density at radius 1 is 1.30 bits per heavy atom. The Labute approximate surface area is 120 Å². The first-order chi connectivity index (χ1) is 9.42. The highest BCUT2D eigenvalue weighted by Crippen LogP contribution is 2.28. The van der Waals surface area contributed by atoms with Crippen LogP contribution >= 0.6 is 0 Å². The van der Waals surface area contributed by atoms with Gasteiger partial charge in [0, 0.05) is 19.0 Å². The minimum absolute atomic E-state index is 0.0464. The molecule has 5 heteroatoms. The molecule has 0 spiro atoms. The van der Waals surface area contributed by atoms with Gasteiger partial charge in [-0.25, -0.2) is 0 Å². The van der Waals surface area contributed by atoms with E-state index in [1.165, 1.54) is 0 Å². The zero-order valence-electron chi connectivity index (χ0n) is 12.6. The molecule has 0 aromatic heterocycles. The summed E-state index contributed by atoms with van der Waals surface area (Å²) >= 11 is 0. The molecule has 0 aliphatic carbocycles. The van der Waals surface area contributed by atoms with Gasteiger partial charge in [0.25, 0.3) is 0 Å². The van der Waals surface area contributed by atoms with Crippen LogP contribution in [0.5, 0.6) is 11.5 Å². The van der Waals surface area contributed by atoms with E-state index in [9.17, 15) is 4.79 Å². The summed E-state index contributed by atoms with van der Waals surface area (Å²) in [7, 11) is 1.62. The van der Waals surface area contributed by atoms with Crippen LogP contribution in [0.2, 0.25) is 0 Å². The van der Waals surface area contributed by atoms with Crippen LogP contribution in [0.4, 0.5) is 0 Å². The number of carbonyl (C=O) groups is 1. The first kappa shape index (κ1) is 16.3. The summed E-state index contributed by atoms with van der Waals surface area (Å²) in [5, 5.41) is 3.24. The molecule has 1 atom stereocenters. The van der Waals surface area contributed by atoms with Crippen molar-refractivity contribution >= 4 is 5.91 Å². The first-order valence-electron chi connectivity index (χ1n) is 6.77. The summed E-state index contributed by atoms with van der Waals surface area (Å²) < 4.78 is 11.0. The predicted octanol–water partition coefficient (Wildman–Crippen LogP) is 1.84. The molecule has 0 fully saturated rings. The maximum absolute atomic E-state index is 10.8. The van der Waals surface area contributed by atoms with Gasteiger partial charge in [0.2, 0.25) is 5.91 Å². The first-order valence-corrected chi connectivity index (χ1v) is 6.77. The summed E-state index contributed by atoms with van der Waals surface area (Å²) in [5.74, 6) is 1.14. The van der Waals surface area contributed by atoms with E-state index >= 15 is 0 Å². The molecule has 1 amide bonds. The molecule has 20 heavy (non-hydrogen) atoms. The van der Waals surface area contributed by atoms with Crippen molar-refractivity contribution in [1.29, 1.82) is 0 Å². The Balaban J connectivity index is 2.65. The number of methoxy groups -OCH3 is 1. The average molecular weight is 280 g/mol. The molecule has 0 saturated heterocycles. The van der Waals surface area contributed by atoms with Gasteiger partial charge >= 0.3 is 0 Å². The normalized spacial score (nSPS) is 12.2. The fourth-order valence-electron chi connectivity index (χ4n) is 1.84. The minimum Gasteiger partial charge on any atom is -0.493 e. The van der Waals surface area contributed by atoms with E-state index < -0.39 is 0 Å². The van der Waals surface area contributed by atoms with Gasteiger partial charge in [-0.2, -0.15) is 0 Å². The molecule has 5 nitrogen and oxygen atoms in total. The summed E-state index contributed by atoms with van der Waals surface area (Å²) in [5.41, 5.74) is 6.22. The van der Waals surface area contributed by atoms with E-state index in [1.807, 2.05) is 39.0 Å². The molecule has 0 saturated carbocycles. The highest BCUT2D eigenvalue weighted by molar-refractivity contribution is 5.74. The molecule has 0 heterocycles. The SMILES string of the molecule is COc1cc(CNC(C)CC(N)=O)ccc1OC(C)C. The number of carbonyl (C=O) groups excluding carboxylic acids is 1. The Kier molecular flexibility index (Phi) is 6.31. The maximum atomic E-state index is 10.8. The van der Waals surface area contributed by atoms with Crippen LogP contribution in [0.25, 0.3) is 0 Å². The summed E-state index contributed by atoms with van der Waals surface area (Å²) in [6.07, 6.45) is 0.426. The monoisotopic (exact) mass is 280 g/mol. The van der Waals surface area contributed by atoms with Gasteiger partial charge < -0.3 is 20.5 Å². The number of nitrogens with two attached hydrogens (primary N) is 1. The van der Waals surface area contributed by atoms with Crippen LogP contribution in [0, 0.1) is 0 Å². The van der Waals surface area contributed by atoms with E-state index in [4.69, 9.17) is 15.2 Å². The third-order valence-electron chi connectivity index (χ3n) is 2.75. The van der Waals surface area contributed by atoms with Crippen molar-refractivity contribution in [2.24, 2.45) is 5.73 Å². The molecule has 0 bridgehead atoms. The highest BCUT2D eigenvalue weighted by atomic mass is 16.5. The number of ether oxygens (including phenoxy) is 2. The van der Waals surface area contributed by atoms with Crippen molar-refractivity contribution in [1.82, 2.24) is 5.32 Å². The van der Waals surface area contributed by atoms with E-state index in [0.717, 1.165) is 11.3 Å². The van der Waals surface area contributed by atoms with Gasteiger partial charge in [-0.3, -0.25) is 4.79 Å². The lowest BCUT2D eigenvalue weighted by molar-refractivity contribution is -0.118. The van der Waals surface area contributed by atoms with Gasteiger partial charge in [0.15, 0.2) is 11.5 Å². The number of primary amides is 1. The number of nitrogens with one attached hydrogen (secondary N) is 1. The van der Waals surface area contributed by atoms with Crippen LogP contribution in [0.3, 0.4) is 0 Å². The van der Waals surface area contributed by atoms with Crippen LogP contribution in [0.15, 0.2) is 18.2 Å². The number of rotatable bonds is 8. The van der Waals surface area contributed by atoms with Gasteiger partial charge in [0.05, 0.1) is 13.2 Å². The fraction of sp³-hybridized carbons (Fsp3) is 0.533. The Hall–Kier alpha value is -1.75. The lowest BCUT2D eigenvalue weighted by Gasteiger charge is -2.16. The number of benzene rings is 1. The molecular formula is C15H24N2O3. The Morgan fingerprint density at radius 2 is 2.00 bits per heavy atom. The molecule has 3 N–H and O–H groups in total. The highest BCUT2D eigenvalue weighted by Gasteiger charge is 2.09. The quantitative estimate of drug-likeness (QED) is 0.762. The summed E-state index contributed by atoms with van der Waals surface area (Å²) in [6.45, 7) is 6.52. The standard InChI is InChI=1S/C15H24N2O3/c1-10(2)20-13-6-5-12(8-14(13)19-4)9-17-11(3)7-15(16)18/h5-6,8,10-11,17H,7,9H2,1-4H3,(H2,16,18). The largest absolute Gasteiger partial charge is 0.493 e. The van der Waals surface area contributed by atoms with Crippen molar-refractivity contribution in [3.8, 4) is 11.5 Å². The maximum Gasteiger partial charge on any atom is 0.218 e. The minimum atomic E-state index is -0.303. The molecule has 1 aromatic carbocycles. The number of amides is 1. The van der Waals surface area contributed by atoms with E-state index in [2.05, 4.69) is 5.32 Å². The smallest absolute Gasteiger partial charge is 0.218 e. The Bertz CT molecular complexity index is 447.